The molecule has 1 unspecified atom stereocenters. The normalized spacial score (nSPS) is 14.2. The molecule has 0 aromatic rings. The van der Waals surface area contributed by atoms with Crippen LogP contribution in [0.15, 0.2) is 0 Å². The van der Waals surface area contributed by atoms with Gasteiger partial charge in [-0.2, -0.15) is 18.4 Å². The Bertz CT molecular complexity index is 232. The first-order chi connectivity index (χ1) is 7.30. The van der Waals surface area contributed by atoms with Crippen LogP contribution in [0, 0.1) is 11.3 Å². The van der Waals surface area contributed by atoms with Gasteiger partial charge in [-0.15, -0.1) is 0 Å². The van der Waals surface area contributed by atoms with Crippen molar-refractivity contribution >= 4 is 0 Å². The molecule has 3 nitrogen and oxygen atoms in total. The van der Waals surface area contributed by atoms with E-state index in [0.717, 1.165) is 0 Å². The Morgan fingerprint density at radius 1 is 1.38 bits per heavy atom. The van der Waals surface area contributed by atoms with E-state index in [-0.39, 0.29) is 12.6 Å². The van der Waals surface area contributed by atoms with E-state index in [1.165, 1.54) is 4.90 Å². The molecule has 0 aromatic heterocycles. The number of halogens is 3. The third-order valence-corrected chi connectivity index (χ3v) is 2.14. The lowest BCUT2D eigenvalue weighted by molar-refractivity contribution is -0.149. The van der Waals surface area contributed by atoms with Crippen LogP contribution in [0.4, 0.5) is 13.2 Å². The van der Waals surface area contributed by atoms with Crippen LogP contribution in [0.3, 0.4) is 0 Å². The van der Waals surface area contributed by atoms with Gasteiger partial charge in [0.15, 0.2) is 0 Å². The summed E-state index contributed by atoms with van der Waals surface area (Å²) in [5.74, 6) is 0. The van der Waals surface area contributed by atoms with Crippen LogP contribution in [-0.2, 0) is 0 Å². The quantitative estimate of drug-likeness (QED) is 0.765. The zero-order chi connectivity index (χ0) is 12.8. The SMILES string of the molecule is CCNC(C#N)CN(CC(F)(F)F)C(C)C. The van der Waals surface area contributed by atoms with Crippen LogP contribution in [-0.4, -0.2) is 42.8 Å². The van der Waals surface area contributed by atoms with Crippen LogP contribution in [0.2, 0.25) is 0 Å². The molecule has 0 fully saturated rings. The largest absolute Gasteiger partial charge is 0.401 e. The highest BCUT2D eigenvalue weighted by atomic mass is 19.4. The van der Waals surface area contributed by atoms with E-state index in [0.29, 0.717) is 6.54 Å². The number of hydrogen-bond acceptors (Lipinski definition) is 3. The van der Waals surface area contributed by atoms with Crippen molar-refractivity contribution in [3.8, 4) is 6.07 Å². The summed E-state index contributed by atoms with van der Waals surface area (Å²) in [6.07, 6.45) is -4.23. The average molecular weight is 237 g/mol. The number of nitrogens with zero attached hydrogens (tertiary/aromatic N) is 2. The summed E-state index contributed by atoms with van der Waals surface area (Å²) in [4.78, 5) is 1.25. The first-order valence-electron chi connectivity index (χ1n) is 5.24. The summed E-state index contributed by atoms with van der Waals surface area (Å²) >= 11 is 0. The maximum atomic E-state index is 12.3. The molecule has 0 saturated carbocycles. The van der Waals surface area contributed by atoms with Crippen molar-refractivity contribution in [2.24, 2.45) is 0 Å². The van der Waals surface area contributed by atoms with Crippen molar-refractivity contribution in [3.63, 3.8) is 0 Å². The van der Waals surface area contributed by atoms with E-state index < -0.39 is 18.8 Å². The number of likely N-dealkylation sites (N-methyl/N-ethyl adjacent to an activating group) is 1. The molecule has 1 atom stereocenters. The highest BCUT2D eigenvalue weighted by molar-refractivity contribution is 4.92. The van der Waals surface area contributed by atoms with Gasteiger partial charge >= 0.3 is 6.18 Å². The molecule has 1 N–H and O–H groups in total. The van der Waals surface area contributed by atoms with E-state index in [1.54, 1.807) is 13.8 Å². The number of hydrogen-bond donors (Lipinski definition) is 1. The van der Waals surface area contributed by atoms with Crippen LogP contribution in [0.5, 0.6) is 0 Å². The second kappa shape index (κ2) is 6.71. The minimum absolute atomic E-state index is 0.0848. The number of rotatable bonds is 6. The Morgan fingerprint density at radius 3 is 2.25 bits per heavy atom. The zero-order valence-corrected chi connectivity index (χ0v) is 9.80. The number of nitrogens with one attached hydrogen (secondary N) is 1. The van der Waals surface area contributed by atoms with Gasteiger partial charge in [0.25, 0.3) is 0 Å². The number of nitriles is 1. The van der Waals surface area contributed by atoms with Crippen molar-refractivity contribution in [1.29, 1.82) is 5.26 Å². The van der Waals surface area contributed by atoms with Gasteiger partial charge < -0.3 is 5.32 Å². The molecule has 0 aliphatic rings. The maximum Gasteiger partial charge on any atom is 0.401 e. The topological polar surface area (TPSA) is 39.1 Å². The van der Waals surface area contributed by atoms with Crippen LogP contribution < -0.4 is 5.32 Å². The summed E-state index contributed by atoms with van der Waals surface area (Å²) in [6.45, 7) is 4.86. The average Bonchev–Trinajstić information content (AvgIpc) is 2.13. The first kappa shape index (κ1) is 15.2. The third-order valence-electron chi connectivity index (χ3n) is 2.14. The fraction of sp³-hybridized carbons (Fsp3) is 0.900. The van der Waals surface area contributed by atoms with Gasteiger partial charge in [-0.1, -0.05) is 6.92 Å². The van der Waals surface area contributed by atoms with E-state index in [2.05, 4.69) is 5.32 Å². The van der Waals surface area contributed by atoms with Gasteiger partial charge in [0.1, 0.15) is 6.04 Å². The molecule has 0 rings (SSSR count). The summed E-state index contributed by atoms with van der Waals surface area (Å²) in [6, 6.07) is 1.15. The van der Waals surface area contributed by atoms with Gasteiger partial charge in [-0.3, -0.25) is 4.90 Å². The van der Waals surface area contributed by atoms with Gasteiger partial charge in [-0.25, -0.2) is 0 Å². The summed E-state index contributed by atoms with van der Waals surface area (Å²) in [7, 11) is 0. The molecule has 0 saturated heterocycles. The summed E-state index contributed by atoms with van der Waals surface area (Å²) in [5, 5.41) is 11.6. The molecule has 6 heteroatoms. The zero-order valence-electron chi connectivity index (χ0n) is 9.80. The predicted octanol–water partition coefficient (Wildman–Crippen LogP) is 1.76. The molecule has 0 radical (unpaired) electrons. The highest BCUT2D eigenvalue weighted by Crippen LogP contribution is 2.18. The van der Waals surface area contributed by atoms with Gasteiger partial charge in [0.2, 0.25) is 0 Å². The fourth-order valence-electron chi connectivity index (χ4n) is 1.32. The lowest BCUT2D eigenvalue weighted by atomic mass is 10.2. The Labute approximate surface area is 94.2 Å². The second-order valence-corrected chi connectivity index (χ2v) is 3.88. The first-order valence-corrected chi connectivity index (χ1v) is 5.24. The van der Waals surface area contributed by atoms with E-state index >= 15 is 0 Å². The summed E-state index contributed by atoms with van der Waals surface area (Å²) < 4.78 is 36.8. The van der Waals surface area contributed by atoms with E-state index in [1.807, 2.05) is 13.0 Å². The van der Waals surface area contributed by atoms with Crippen LogP contribution in [0.25, 0.3) is 0 Å². The van der Waals surface area contributed by atoms with Crippen LogP contribution in [0.1, 0.15) is 20.8 Å². The molecule has 0 spiro atoms. The molecule has 0 heterocycles. The minimum Gasteiger partial charge on any atom is -0.301 e. The van der Waals surface area contributed by atoms with E-state index in [9.17, 15) is 13.2 Å². The summed E-state index contributed by atoms with van der Waals surface area (Å²) in [5.41, 5.74) is 0. The molecule has 16 heavy (non-hydrogen) atoms. The van der Waals surface area contributed by atoms with Gasteiger partial charge in [0, 0.05) is 12.6 Å². The Morgan fingerprint density at radius 2 is 1.94 bits per heavy atom. The smallest absolute Gasteiger partial charge is 0.301 e. The van der Waals surface area contributed by atoms with Gasteiger partial charge in [-0.05, 0) is 20.4 Å². The van der Waals surface area contributed by atoms with Crippen LogP contribution >= 0.6 is 0 Å². The number of alkyl halides is 3. The van der Waals surface area contributed by atoms with Crippen molar-refractivity contribution in [3.05, 3.63) is 0 Å². The minimum atomic E-state index is -4.23. The molecule has 0 amide bonds. The monoisotopic (exact) mass is 237 g/mol. The molecular formula is C10H18F3N3. The second-order valence-electron chi connectivity index (χ2n) is 3.88. The highest BCUT2D eigenvalue weighted by Gasteiger charge is 2.32. The standard InChI is InChI=1S/C10H18F3N3/c1-4-15-9(5-14)6-16(8(2)3)7-10(11,12)13/h8-9,15H,4,6-7H2,1-3H3. The molecular weight excluding hydrogens is 219 g/mol. The lowest BCUT2D eigenvalue weighted by Crippen LogP contribution is -2.46. The maximum absolute atomic E-state index is 12.3. The van der Waals surface area contributed by atoms with Crippen molar-refractivity contribution in [1.82, 2.24) is 10.2 Å². The van der Waals surface area contributed by atoms with Crippen molar-refractivity contribution in [2.45, 2.75) is 39.0 Å². The molecule has 0 aliphatic heterocycles. The molecule has 0 bridgehead atoms. The Kier molecular flexibility index (Phi) is 6.38. The molecule has 0 aliphatic carbocycles. The Hall–Kier alpha value is -0.800. The Balaban J connectivity index is 4.39. The van der Waals surface area contributed by atoms with E-state index in [4.69, 9.17) is 5.26 Å². The predicted molar refractivity (Wildman–Crippen MR) is 55.8 cm³/mol. The van der Waals surface area contributed by atoms with Crippen molar-refractivity contribution in [2.75, 3.05) is 19.6 Å². The molecule has 94 valence electrons. The van der Waals surface area contributed by atoms with Crippen molar-refractivity contribution < 1.29 is 13.2 Å². The van der Waals surface area contributed by atoms with Gasteiger partial charge in [0.05, 0.1) is 12.6 Å². The molecule has 0 aromatic carbocycles. The fourth-order valence-corrected chi connectivity index (χ4v) is 1.32. The third kappa shape index (κ3) is 6.64. The lowest BCUT2D eigenvalue weighted by Gasteiger charge is -2.29.